The topological polar surface area (TPSA) is 137 Å². The number of fused-ring (bicyclic) bond motifs is 1. The maximum Gasteiger partial charge on any atom is 0.328 e. The number of nitro groups is 1. The molecule has 3 N–H and O–H groups in total. The Bertz CT molecular complexity index is 958. The molecule has 0 radical (unpaired) electrons. The highest BCUT2D eigenvalue weighted by Gasteiger charge is 2.18. The average molecular weight is 401 g/mol. The molecule has 0 saturated heterocycles. The van der Waals surface area contributed by atoms with Crippen molar-refractivity contribution in [3.8, 4) is 0 Å². The number of aromatic amines is 1. The Morgan fingerprint density at radius 2 is 1.90 bits per heavy atom. The number of rotatable bonds is 5. The lowest BCUT2D eigenvalue weighted by Crippen LogP contribution is -2.34. The number of aliphatic carboxylic acids is 2. The van der Waals surface area contributed by atoms with Gasteiger partial charge in [0.15, 0.2) is 0 Å². The third kappa shape index (κ3) is 6.01. The van der Waals surface area contributed by atoms with Crippen LogP contribution in [0.3, 0.4) is 0 Å². The molecule has 29 heavy (non-hydrogen) atoms. The fourth-order valence-electron chi connectivity index (χ4n) is 3.01. The molecule has 1 aromatic carbocycles. The summed E-state index contributed by atoms with van der Waals surface area (Å²) in [6.45, 7) is 6.36. The number of carbonyl (C=O) groups is 2. The van der Waals surface area contributed by atoms with E-state index in [0.717, 1.165) is 30.6 Å². The highest BCUT2D eigenvalue weighted by atomic mass is 16.6. The first-order chi connectivity index (χ1) is 13.7. The van der Waals surface area contributed by atoms with E-state index in [1.54, 1.807) is 12.1 Å². The molecule has 154 valence electrons. The summed E-state index contributed by atoms with van der Waals surface area (Å²) in [5.41, 5.74) is 3.00. The van der Waals surface area contributed by atoms with Crippen molar-refractivity contribution in [1.82, 2.24) is 9.88 Å². The zero-order valence-electron chi connectivity index (χ0n) is 16.2. The van der Waals surface area contributed by atoms with Gasteiger partial charge in [0.05, 0.1) is 4.92 Å². The molecule has 9 heteroatoms. The minimum absolute atomic E-state index is 0.138. The van der Waals surface area contributed by atoms with Crippen LogP contribution < -0.4 is 0 Å². The average Bonchev–Trinajstić information content (AvgIpc) is 3.11. The van der Waals surface area contributed by atoms with Gasteiger partial charge in [-0.1, -0.05) is 18.2 Å². The molecule has 0 fully saturated rings. The summed E-state index contributed by atoms with van der Waals surface area (Å²) in [6, 6.07) is 7.74. The third-order valence-electron chi connectivity index (χ3n) is 4.52. The van der Waals surface area contributed by atoms with Crippen molar-refractivity contribution in [2.24, 2.45) is 0 Å². The second-order valence-corrected chi connectivity index (χ2v) is 6.76. The molecule has 9 nitrogen and oxygen atoms in total. The number of nitro benzene ring substituents is 1. The summed E-state index contributed by atoms with van der Waals surface area (Å²) in [7, 11) is 0. The van der Waals surface area contributed by atoms with Gasteiger partial charge in [-0.25, -0.2) is 9.59 Å². The number of nitrogens with one attached hydrogen (secondary N) is 1. The molecule has 0 aliphatic carbocycles. The molecule has 2 heterocycles. The molecule has 0 amide bonds. The molecule has 0 unspecified atom stereocenters. The number of non-ortho nitro benzene ring substituents is 1. The van der Waals surface area contributed by atoms with Crippen LogP contribution in [-0.4, -0.2) is 56.1 Å². The van der Waals surface area contributed by atoms with Crippen LogP contribution in [0.2, 0.25) is 0 Å². The normalized spacial score (nSPS) is 14.5. The fourth-order valence-corrected chi connectivity index (χ4v) is 3.01. The van der Waals surface area contributed by atoms with Crippen molar-refractivity contribution in [3.63, 3.8) is 0 Å². The van der Waals surface area contributed by atoms with Gasteiger partial charge in [-0.3, -0.25) is 15.0 Å². The molecular weight excluding hydrogens is 378 g/mol. The Labute approximate surface area is 167 Å². The molecule has 0 bridgehead atoms. The lowest BCUT2D eigenvalue weighted by molar-refractivity contribution is -0.383. The monoisotopic (exact) mass is 401 g/mol. The molecule has 3 rings (SSSR count). The molecule has 2 aromatic rings. The number of hydrogen-bond donors (Lipinski definition) is 3. The number of aromatic nitrogens is 1. The summed E-state index contributed by atoms with van der Waals surface area (Å²) < 4.78 is 0. The predicted octanol–water partition coefficient (Wildman–Crippen LogP) is 3.29. The van der Waals surface area contributed by atoms with Crippen LogP contribution in [0.4, 0.5) is 5.69 Å². The van der Waals surface area contributed by atoms with Gasteiger partial charge < -0.3 is 15.2 Å². The molecule has 0 atom stereocenters. The standard InChI is InChI=1S/C16H19N3O2.C4H4O4/c1-11(2)18-8-6-12(7-9-18)14-10-13-4-3-5-15(19(20)21)16(13)17-14;5-3(6)1-2-4(7)8/h3-6,10-11,17H,7-9H2,1-2H3;1-2H,(H,5,6)(H,7,8). The van der Waals surface area contributed by atoms with Crippen LogP contribution in [-0.2, 0) is 9.59 Å². The molecule has 0 saturated carbocycles. The summed E-state index contributed by atoms with van der Waals surface area (Å²) in [4.78, 5) is 35.5. The first kappa shape index (κ1) is 21.8. The summed E-state index contributed by atoms with van der Waals surface area (Å²) in [6.07, 6.45) is 4.31. The maximum absolute atomic E-state index is 11.1. The molecule has 1 aliphatic heterocycles. The Balaban J connectivity index is 0.000000321. The number of para-hydroxylation sites is 1. The Morgan fingerprint density at radius 3 is 2.38 bits per heavy atom. The number of H-pyrrole nitrogens is 1. The van der Waals surface area contributed by atoms with Gasteiger partial charge in [-0.2, -0.15) is 0 Å². The van der Waals surface area contributed by atoms with E-state index in [1.807, 2.05) is 12.1 Å². The highest BCUT2D eigenvalue weighted by molar-refractivity contribution is 5.91. The number of carboxylic acids is 2. The smallest absolute Gasteiger partial charge is 0.328 e. The Hall–Kier alpha value is -3.46. The van der Waals surface area contributed by atoms with Gasteiger partial charge in [0, 0.05) is 48.4 Å². The van der Waals surface area contributed by atoms with Crippen molar-refractivity contribution in [3.05, 3.63) is 58.3 Å². The van der Waals surface area contributed by atoms with E-state index < -0.39 is 11.9 Å². The molecule has 0 spiro atoms. The van der Waals surface area contributed by atoms with Crippen molar-refractivity contribution in [1.29, 1.82) is 0 Å². The summed E-state index contributed by atoms with van der Waals surface area (Å²) in [5.74, 6) is -2.51. The first-order valence-electron chi connectivity index (χ1n) is 9.02. The van der Waals surface area contributed by atoms with E-state index >= 15 is 0 Å². The van der Waals surface area contributed by atoms with E-state index in [4.69, 9.17) is 10.2 Å². The second kappa shape index (κ2) is 9.65. The maximum atomic E-state index is 11.1. The lowest BCUT2D eigenvalue weighted by atomic mass is 10.0. The van der Waals surface area contributed by atoms with Crippen LogP contribution >= 0.6 is 0 Å². The van der Waals surface area contributed by atoms with Crippen molar-refractivity contribution in [2.75, 3.05) is 13.1 Å². The second-order valence-electron chi connectivity index (χ2n) is 6.76. The van der Waals surface area contributed by atoms with E-state index in [1.165, 1.54) is 5.57 Å². The number of carboxylic acid groups (broad SMARTS) is 2. The Kier molecular flexibility index (Phi) is 7.27. The fraction of sp³-hybridized carbons (Fsp3) is 0.300. The van der Waals surface area contributed by atoms with Gasteiger partial charge in [-0.05, 0) is 31.9 Å². The van der Waals surface area contributed by atoms with Crippen LogP contribution in [0.25, 0.3) is 16.5 Å². The zero-order chi connectivity index (χ0) is 21.6. The first-order valence-corrected chi connectivity index (χ1v) is 9.02. The van der Waals surface area contributed by atoms with Crippen molar-refractivity contribution >= 4 is 34.1 Å². The summed E-state index contributed by atoms with van der Waals surface area (Å²) in [5, 5.41) is 27.6. The van der Waals surface area contributed by atoms with Gasteiger partial charge in [0.2, 0.25) is 0 Å². The number of nitrogens with zero attached hydrogens (tertiary/aromatic N) is 2. The van der Waals surface area contributed by atoms with Gasteiger partial charge in [0.1, 0.15) is 5.52 Å². The molecule has 1 aromatic heterocycles. The number of hydrogen-bond acceptors (Lipinski definition) is 5. The predicted molar refractivity (Wildman–Crippen MR) is 109 cm³/mol. The van der Waals surface area contributed by atoms with E-state index in [0.29, 0.717) is 23.7 Å². The van der Waals surface area contributed by atoms with Crippen molar-refractivity contribution in [2.45, 2.75) is 26.3 Å². The van der Waals surface area contributed by atoms with Gasteiger partial charge >= 0.3 is 11.9 Å². The number of benzene rings is 1. The summed E-state index contributed by atoms with van der Waals surface area (Å²) >= 11 is 0. The van der Waals surface area contributed by atoms with Crippen LogP contribution in [0.5, 0.6) is 0 Å². The van der Waals surface area contributed by atoms with Crippen LogP contribution in [0, 0.1) is 10.1 Å². The van der Waals surface area contributed by atoms with Crippen LogP contribution in [0.1, 0.15) is 26.0 Å². The largest absolute Gasteiger partial charge is 0.478 e. The SMILES string of the molecule is CC(C)N1CC=C(c2cc3cccc([N+](=O)[O-])c3[nH]2)CC1.O=C(O)C=CC(=O)O. The Morgan fingerprint density at radius 1 is 1.24 bits per heavy atom. The van der Waals surface area contributed by atoms with Crippen LogP contribution in [0.15, 0.2) is 42.5 Å². The zero-order valence-corrected chi connectivity index (χ0v) is 16.2. The minimum atomic E-state index is -1.26. The molecular formula is C20H23N3O6. The van der Waals surface area contributed by atoms with Gasteiger partial charge in [0.25, 0.3) is 5.69 Å². The van der Waals surface area contributed by atoms with E-state index in [9.17, 15) is 19.7 Å². The van der Waals surface area contributed by atoms with Crippen molar-refractivity contribution < 1.29 is 24.7 Å². The lowest BCUT2D eigenvalue weighted by Gasteiger charge is -2.29. The van der Waals surface area contributed by atoms with Gasteiger partial charge in [-0.15, -0.1) is 0 Å². The molecule has 1 aliphatic rings. The minimum Gasteiger partial charge on any atom is -0.478 e. The third-order valence-corrected chi connectivity index (χ3v) is 4.52. The van der Waals surface area contributed by atoms with E-state index in [-0.39, 0.29) is 10.6 Å². The van der Waals surface area contributed by atoms with E-state index in [2.05, 4.69) is 29.8 Å². The quantitative estimate of drug-likeness (QED) is 0.397. The highest BCUT2D eigenvalue weighted by Crippen LogP contribution is 2.30.